The summed E-state index contributed by atoms with van der Waals surface area (Å²) < 4.78 is 18.2. The molecule has 0 bridgehead atoms. The third-order valence-electron chi connectivity index (χ3n) is 3.51. The zero-order valence-corrected chi connectivity index (χ0v) is 14.2. The molecule has 2 aromatic carbocycles. The van der Waals surface area contributed by atoms with Crippen molar-refractivity contribution < 1.29 is 18.7 Å². The van der Waals surface area contributed by atoms with Crippen LogP contribution in [0.15, 0.2) is 54.6 Å². The van der Waals surface area contributed by atoms with E-state index >= 15 is 0 Å². The van der Waals surface area contributed by atoms with E-state index in [0.29, 0.717) is 5.92 Å². The molecule has 5 heteroatoms. The van der Waals surface area contributed by atoms with Gasteiger partial charge in [-0.2, -0.15) is 0 Å². The van der Waals surface area contributed by atoms with Crippen LogP contribution in [0.1, 0.15) is 30.9 Å². The van der Waals surface area contributed by atoms with Crippen LogP contribution >= 0.6 is 0 Å². The van der Waals surface area contributed by atoms with E-state index in [9.17, 15) is 14.0 Å². The predicted molar refractivity (Wildman–Crippen MR) is 95.6 cm³/mol. The second-order valence-corrected chi connectivity index (χ2v) is 5.79. The van der Waals surface area contributed by atoms with Crippen molar-refractivity contribution in [3.05, 3.63) is 71.6 Å². The topological polar surface area (TPSA) is 55.4 Å². The van der Waals surface area contributed by atoms with E-state index in [1.54, 1.807) is 12.1 Å². The molecule has 0 aromatic heterocycles. The molecule has 0 unspecified atom stereocenters. The van der Waals surface area contributed by atoms with Gasteiger partial charge >= 0.3 is 5.97 Å². The summed E-state index contributed by atoms with van der Waals surface area (Å²) >= 11 is 0. The number of anilines is 1. The van der Waals surface area contributed by atoms with Crippen LogP contribution in [-0.2, 0) is 14.3 Å². The van der Waals surface area contributed by atoms with Crippen molar-refractivity contribution in [2.75, 3.05) is 11.9 Å². The third-order valence-corrected chi connectivity index (χ3v) is 3.51. The van der Waals surface area contributed by atoms with Crippen LogP contribution < -0.4 is 5.32 Å². The Morgan fingerprint density at radius 1 is 1.12 bits per heavy atom. The summed E-state index contributed by atoms with van der Waals surface area (Å²) in [6.45, 7) is 3.73. The van der Waals surface area contributed by atoms with Gasteiger partial charge in [-0.25, -0.2) is 9.18 Å². The van der Waals surface area contributed by atoms with E-state index in [2.05, 4.69) is 19.2 Å². The second-order valence-electron chi connectivity index (χ2n) is 5.79. The highest BCUT2D eigenvalue weighted by atomic mass is 19.1. The van der Waals surface area contributed by atoms with E-state index in [-0.39, 0.29) is 5.69 Å². The van der Waals surface area contributed by atoms with Gasteiger partial charge in [-0.15, -0.1) is 0 Å². The van der Waals surface area contributed by atoms with Crippen LogP contribution in [0.5, 0.6) is 0 Å². The molecule has 1 N–H and O–H groups in total. The van der Waals surface area contributed by atoms with E-state index < -0.39 is 24.3 Å². The fraction of sp³-hybridized carbons (Fsp3) is 0.200. The molecular weight excluding hydrogens is 321 g/mol. The molecule has 25 heavy (non-hydrogen) atoms. The Morgan fingerprint density at radius 2 is 1.80 bits per heavy atom. The number of hydrogen-bond donors (Lipinski definition) is 1. The highest BCUT2D eigenvalue weighted by molar-refractivity contribution is 5.94. The molecule has 0 heterocycles. The largest absolute Gasteiger partial charge is 0.452 e. The number of amides is 1. The Labute approximate surface area is 146 Å². The standard InChI is InChI=1S/C20H20FNO3/c1-14(2)16-10-7-15(8-11-16)9-12-20(24)25-13-19(23)22-18-6-4-3-5-17(18)21/h3-12,14H,13H2,1-2H3,(H,22,23). The maximum Gasteiger partial charge on any atom is 0.331 e. The van der Waals surface area contributed by atoms with Gasteiger partial charge in [-0.1, -0.05) is 50.2 Å². The summed E-state index contributed by atoms with van der Waals surface area (Å²) in [6, 6.07) is 13.6. The van der Waals surface area contributed by atoms with Gasteiger partial charge in [0.1, 0.15) is 5.82 Å². The summed E-state index contributed by atoms with van der Waals surface area (Å²) in [6.07, 6.45) is 2.86. The Morgan fingerprint density at radius 3 is 2.44 bits per heavy atom. The van der Waals surface area contributed by atoms with Crippen molar-refractivity contribution in [2.24, 2.45) is 0 Å². The van der Waals surface area contributed by atoms with Gasteiger partial charge < -0.3 is 10.1 Å². The molecule has 1 amide bonds. The first-order chi connectivity index (χ1) is 12.0. The fourth-order valence-corrected chi connectivity index (χ4v) is 2.09. The minimum Gasteiger partial charge on any atom is -0.452 e. The van der Waals surface area contributed by atoms with Crippen LogP contribution in [0.4, 0.5) is 10.1 Å². The van der Waals surface area contributed by atoms with Gasteiger partial charge in [-0.05, 0) is 35.3 Å². The zero-order valence-electron chi connectivity index (χ0n) is 14.2. The smallest absolute Gasteiger partial charge is 0.331 e. The van der Waals surface area contributed by atoms with Crippen molar-refractivity contribution in [3.63, 3.8) is 0 Å². The van der Waals surface area contributed by atoms with Crippen molar-refractivity contribution in [2.45, 2.75) is 19.8 Å². The summed E-state index contributed by atoms with van der Waals surface area (Å²) in [5.74, 6) is -1.35. The Hall–Kier alpha value is -2.95. The van der Waals surface area contributed by atoms with Gasteiger partial charge in [0, 0.05) is 6.08 Å². The summed E-state index contributed by atoms with van der Waals surface area (Å²) in [7, 11) is 0. The molecule has 4 nitrogen and oxygen atoms in total. The molecule has 0 atom stereocenters. The first-order valence-electron chi connectivity index (χ1n) is 7.95. The minimum atomic E-state index is -0.642. The number of benzene rings is 2. The number of esters is 1. The van der Waals surface area contributed by atoms with Crippen LogP contribution in [0.2, 0.25) is 0 Å². The van der Waals surface area contributed by atoms with Gasteiger partial charge in [0.2, 0.25) is 0 Å². The fourth-order valence-electron chi connectivity index (χ4n) is 2.09. The second kappa shape index (κ2) is 8.78. The molecule has 0 saturated heterocycles. The monoisotopic (exact) mass is 341 g/mol. The SMILES string of the molecule is CC(C)c1ccc(C=CC(=O)OCC(=O)Nc2ccccc2F)cc1. The first-order valence-corrected chi connectivity index (χ1v) is 7.95. The first kappa shape index (κ1) is 18.4. The molecule has 0 aliphatic carbocycles. The highest BCUT2D eigenvalue weighted by Crippen LogP contribution is 2.15. The molecule has 0 aliphatic heterocycles. The number of halogens is 1. The molecule has 130 valence electrons. The number of carbonyl (C=O) groups excluding carboxylic acids is 2. The van der Waals surface area contributed by atoms with Gasteiger partial charge in [-0.3, -0.25) is 4.79 Å². The molecule has 0 aliphatic rings. The van der Waals surface area contributed by atoms with E-state index in [0.717, 1.165) is 5.56 Å². The lowest BCUT2D eigenvalue weighted by molar-refractivity contribution is -0.142. The minimum absolute atomic E-state index is 0.0457. The number of nitrogens with one attached hydrogen (secondary N) is 1. The van der Waals surface area contributed by atoms with Gasteiger partial charge in [0.25, 0.3) is 5.91 Å². The summed E-state index contributed by atoms with van der Waals surface area (Å²) in [5, 5.41) is 2.34. The number of ether oxygens (including phenoxy) is 1. The van der Waals surface area contributed by atoms with E-state index in [1.165, 1.54) is 29.8 Å². The molecule has 2 rings (SSSR count). The quantitative estimate of drug-likeness (QED) is 0.634. The predicted octanol–water partition coefficient (Wildman–Crippen LogP) is 4.14. The van der Waals surface area contributed by atoms with E-state index in [1.807, 2.05) is 24.3 Å². The Kier molecular flexibility index (Phi) is 6.46. The highest BCUT2D eigenvalue weighted by Gasteiger charge is 2.08. The van der Waals surface area contributed by atoms with Gasteiger partial charge in [0.15, 0.2) is 6.61 Å². The maximum absolute atomic E-state index is 13.4. The summed E-state index contributed by atoms with van der Waals surface area (Å²) in [4.78, 5) is 23.3. The number of hydrogen-bond acceptors (Lipinski definition) is 3. The van der Waals surface area contributed by atoms with Crippen molar-refractivity contribution >= 4 is 23.6 Å². The third kappa shape index (κ3) is 5.88. The lowest BCUT2D eigenvalue weighted by atomic mass is 10.0. The van der Waals surface area contributed by atoms with Crippen LogP contribution in [0.3, 0.4) is 0 Å². The number of carbonyl (C=O) groups is 2. The lowest BCUT2D eigenvalue weighted by Gasteiger charge is -2.06. The summed E-state index contributed by atoms with van der Waals surface area (Å²) in [5.41, 5.74) is 2.12. The average molecular weight is 341 g/mol. The van der Waals surface area contributed by atoms with E-state index in [4.69, 9.17) is 4.74 Å². The molecule has 2 aromatic rings. The van der Waals surface area contributed by atoms with Crippen molar-refractivity contribution in [1.29, 1.82) is 0 Å². The molecule has 0 saturated carbocycles. The normalized spacial score (nSPS) is 10.9. The Bertz CT molecular complexity index is 767. The maximum atomic E-state index is 13.4. The van der Waals surface area contributed by atoms with Crippen LogP contribution in [-0.4, -0.2) is 18.5 Å². The van der Waals surface area contributed by atoms with Crippen LogP contribution in [0, 0.1) is 5.82 Å². The molecule has 0 fully saturated rings. The zero-order chi connectivity index (χ0) is 18.2. The van der Waals surface area contributed by atoms with Crippen molar-refractivity contribution in [1.82, 2.24) is 0 Å². The number of para-hydroxylation sites is 1. The molecular formula is C20H20FNO3. The van der Waals surface area contributed by atoms with Gasteiger partial charge in [0.05, 0.1) is 5.69 Å². The number of rotatable bonds is 6. The average Bonchev–Trinajstić information content (AvgIpc) is 2.60. The lowest BCUT2D eigenvalue weighted by Crippen LogP contribution is -2.20. The molecule has 0 radical (unpaired) electrons. The van der Waals surface area contributed by atoms with Crippen molar-refractivity contribution in [3.8, 4) is 0 Å². The molecule has 0 spiro atoms. The van der Waals surface area contributed by atoms with Crippen LogP contribution in [0.25, 0.3) is 6.08 Å². The Balaban J connectivity index is 1.81.